The molecule has 4 heteroatoms. The zero-order chi connectivity index (χ0) is 14.1. The molecule has 0 spiro atoms. The van der Waals surface area contributed by atoms with Crippen LogP contribution in [0.2, 0.25) is 0 Å². The molecule has 1 aliphatic rings. The number of aryl methyl sites for hydroxylation is 1. The van der Waals surface area contributed by atoms with E-state index in [0.29, 0.717) is 0 Å². The quantitative estimate of drug-likeness (QED) is 0.841. The molecule has 1 atom stereocenters. The van der Waals surface area contributed by atoms with E-state index < -0.39 is 11.6 Å². The second-order valence-electron chi connectivity index (χ2n) is 4.98. The van der Waals surface area contributed by atoms with Crippen molar-refractivity contribution >= 4 is 5.69 Å². The van der Waals surface area contributed by atoms with Crippen LogP contribution >= 0.6 is 0 Å². The summed E-state index contributed by atoms with van der Waals surface area (Å²) in [6.45, 7) is 0. The zero-order valence-corrected chi connectivity index (χ0v) is 10.9. The van der Waals surface area contributed by atoms with Crippen molar-refractivity contribution in [3.05, 3.63) is 59.2 Å². The Morgan fingerprint density at radius 3 is 2.75 bits per heavy atom. The number of anilines is 1. The second-order valence-corrected chi connectivity index (χ2v) is 4.98. The molecule has 1 unspecified atom stereocenters. The van der Waals surface area contributed by atoms with Gasteiger partial charge in [0.1, 0.15) is 6.10 Å². The van der Waals surface area contributed by atoms with Gasteiger partial charge in [-0.2, -0.15) is 4.39 Å². The summed E-state index contributed by atoms with van der Waals surface area (Å²) < 4.78 is 32.8. The monoisotopic (exact) mass is 275 g/mol. The van der Waals surface area contributed by atoms with Crippen LogP contribution in [0.1, 0.15) is 30.1 Å². The number of halogens is 2. The molecule has 20 heavy (non-hydrogen) atoms. The molecule has 2 N–H and O–H groups in total. The summed E-state index contributed by atoms with van der Waals surface area (Å²) in [5.41, 5.74) is 8.04. The molecule has 0 bridgehead atoms. The van der Waals surface area contributed by atoms with E-state index in [2.05, 4.69) is 0 Å². The van der Waals surface area contributed by atoms with Gasteiger partial charge in [0.15, 0.2) is 11.6 Å². The molecule has 0 amide bonds. The molecule has 0 aromatic heterocycles. The van der Waals surface area contributed by atoms with Gasteiger partial charge >= 0.3 is 0 Å². The van der Waals surface area contributed by atoms with Crippen molar-refractivity contribution in [2.45, 2.75) is 25.4 Å². The molecule has 3 rings (SSSR count). The largest absolute Gasteiger partial charge is 0.480 e. The van der Waals surface area contributed by atoms with Crippen molar-refractivity contribution in [3.8, 4) is 5.75 Å². The molecule has 2 aromatic rings. The van der Waals surface area contributed by atoms with E-state index in [0.717, 1.165) is 30.9 Å². The summed E-state index contributed by atoms with van der Waals surface area (Å²) >= 11 is 0. The minimum absolute atomic E-state index is 0.118. The first-order chi connectivity index (χ1) is 9.66. The lowest BCUT2D eigenvalue weighted by molar-refractivity contribution is 0.175. The van der Waals surface area contributed by atoms with Gasteiger partial charge in [-0.05, 0) is 42.5 Å². The molecular weight excluding hydrogens is 260 g/mol. The van der Waals surface area contributed by atoms with Crippen LogP contribution in [0, 0.1) is 11.6 Å². The van der Waals surface area contributed by atoms with Gasteiger partial charge in [0.25, 0.3) is 0 Å². The van der Waals surface area contributed by atoms with Crippen LogP contribution in [0.5, 0.6) is 5.75 Å². The topological polar surface area (TPSA) is 35.2 Å². The van der Waals surface area contributed by atoms with E-state index in [4.69, 9.17) is 10.5 Å². The number of benzene rings is 2. The van der Waals surface area contributed by atoms with E-state index in [1.54, 1.807) is 0 Å². The minimum Gasteiger partial charge on any atom is -0.480 e. The number of nitrogens with two attached hydrogens (primary N) is 1. The van der Waals surface area contributed by atoms with Crippen molar-refractivity contribution < 1.29 is 13.5 Å². The number of rotatable bonds is 2. The third kappa shape index (κ3) is 2.22. The standard InChI is InChI=1S/C16H15F2NO/c17-12-8-9-13(19)16(15(12)18)20-14-7-3-5-10-4-1-2-6-11(10)14/h1-2,4,6,8-9,14H,3,5,7,19H2. The van der Waals surface area contributed by atoms with Crippen molar-refractivity contribution in [1.29, 1.82) is 0 Å². The number of ether oxygens (including phenoxy) is 1. The molecule has 0 heterocycles. The van der Waals surface area contributed by atoms with Gasteiger partial charge in [0.2, 0.25) is 5.82 Å². The average Bonchev–Trinajstić information content (AvgIpc) is 2.48. The second kappa shape index (κ2) is 5.12. The van der Waals surface area contributed by atoms with Gasteiger partial charge in [0.05, 0.1) is 5.69 Å². The lowest BCUT2D eigenvalue weighted by Crippen LogP contribution is -2.16. The lowest BCUT2D eigenvalue weighted by atomic mass is 9.89. The normalized spacial score (nSPS) is 17.6. The van der Waals surface area contributed by atoms with E-state index in [9.17, 15) is 8.78 Å². The molecule has 2 aromatic carbocycles. The number of hydrogen-bond acceptors (Lipinski definition) is 2. The van der Waals surface area contributed by atoms with Gasteiger partial charge in [-0.1, -0.05) is 24.3 Å². The highest BCUT2D eigenvalue weighted by Gasteiger charge is 2.24. The molecule has 0 aliphatic heterocycles. The van der Waals surface area contributed by atoms with Gasteiger partial charge in [-0.25, -0.2) is 4.39 Å². The van der Waals surface area contributed by atoms with E-state index in [1.807, 2.05) is 24.3 Å². The Kier molecular flexibility index (Phi) is 3.30. The Bertz CT molecular complexity index is 642. The molecule has 2 nitrogen and oxygen atoms in total. The smallest absolute Gasteiger partial charge is 0.202 e. The minimum atomic E-state index is -1.02. The Morgan fingerprint density at radius 2 is 1.90 bits per heavy atom. The van der Waals surface area contributed by atoms with Crippen LogP contribution in [0.25, 0.3) is 0 Å². The Labute approximate surface area is 116 Å². The number of nitrogen functional groups attached to an aromatic ring is 1. The highest BCUT2D eigenvalue weighted by Crippen LogP contribution is 2.37. The molecule has 0 fully saturated rings. The summed E-state index contributed by atoms with van der Waals surface area (Å²) in [5.74, 6) is -2.15. The van der Waals surface area contributed by atoms with Gasteiger partial charge < -0.3 is 10.5 Å². The maximum absolute atomic E-state index is 13.8. The zero-order valence-electron chi connectivity index (χ0n) is 10.9. The van der Waals surface area contributed by atoms with Crippen LogP contribution in [0.4, 0.5) is 14.5 Å². The fourth-order valence-electron chi connectivity index (χ4n) is 2.64. The molecule has 1 aliphatic carbocycles. The predicted octanol–water partition coefficient (Wildman–Crippen LogP) is 4.00. The summed E-state index contributed by atoms with van der Waals surface area (Å²) in [6.07, 6.45) is 2.43. The van der Waals surface area contributed by atoms with Crippen LogP contribution < -0.4 is 10.5 Å². The first kappa shape index (κ1) is 12.9. The van der Waals surface area contributed by atoms with Crippen molar-refractivity contribution in [2.24, 2.45) is 0 Å². The van der Waals surface area contributed by atoms with E-state index in [1.165, 1.54) is 11.6 Å². The van der Waals surface area contributed by atoms with Crippen molar-refractivity contribution in [2.75, 3.05) is 5.73 Å². The van der Waals surface area contributed by atoms with Gasteiger partial charge in [-0.3, -0.25) is 0 Å². The molecule has 0 radical (unpaired) electrons. The molecular formula is C16H15F2NO. The highest BCUT2D eigenvalue weighted by molar-refractivity contribution is 5.53. The maximum atomic E-state index is 13.8. The summed E-state index contributed by atoms with van der Waals surface area (Å²) in [5, 5.41) is 0. The molecule has 0 saturated heterocycles. The van der Waals surface area contributed by atoms with Gasteiger partial charge in [0, 0.05) is 0 Å². The van der Waals surface area contributed by atoms with Crippen LogP contribution in [-0.4, -0.2) is 0 Å². The number of fused-ring (bicyclic) bond motifs is 1. The van der Waals surface area contributed by atoms with E-state index in [-0.39, 0.29) is 17.5 Å². The van der Waals surface area contributed by atoms with E-state index >= 15 is 0 Å². The predicted molar refractivity (Wildman–Crippen MR) is 73.5 cm³/mol. The first-order valence-corrected chi connectivity index (χ1v) is 6.64. The SMILES string of the molecule is Nc1ccc(F)c(F)c1OC1CCCc2ccccc21. The highest BCUT2D eigenvalue weighted by atomic mass is 19.2. The maximum Gasteiger partial charge on any atom is 0.202 e. The fraction of sp³-hybridized carbons (Fsp3) is 0.250. The summed E-state index contributed by atoms with van der Waals surface area (Å²) in [6, 6.07) is 10.2. The molecule has 104 valence electrons. The third-order valence-electron chi connectivity index (χ3n) is 3.65. The average molecular weight is 275 g/mol. The van der Waals surface area contributed by atoms with Crippen LogP contribution in [0.15, 0.2) is 36.4 Å². The van der Waals surface area contributed by atoms with Crippen molar-refractivity contribution in [1.82, 2.24) is 0 Å². The van der Waals surface area contributed by atoms with Gasteiger partial charge in [-0.15, -0.1) is 0 Å². The lowest BCUT2D eigenvalue weighted by Gasteiger charge is -2.27. The Hall–Kier alpha value is -2.10. The summed E-state index contributed by atoms with van der Waals surface area (Å²) in [7, 11) is 0. The Morgan fingerprint density at radius 1 is 1.10 bits per heavy atom. The molecule has 0 saturated carbocycles. The Balaban J connectivity index is 1.96. The van der Waals surface area contributed by atoms with Crippen LogP contribution in [-0.2, 0) is 6.42 Å². The third-order valence-corrected chi connectivity index (χ3v) is 3.65. The van der Waals surface area contributed by atoms with Crippen LogP contribution in [0.3, 0.4) is 0 Å². The number of hydrogen-bond donors (Lipinski definition) is 1. The summed E-state index contributed by atoms with van der Waals surface area (Å²) in [4.78, 5) is 0. The fourth-order valence-corrected chi connectivity index (χ4v) is 2.64. The first-order valence-electron chi connectivity index (χ1n) is 6.64. The van der Waals surface area contributed by atoms with Crippen molar-refractivity contribution in [3.63, 3.8) is 0 Å².